The topological polar surface area (TPSA) is 62.1 Å². The summed E-state index contributed by atoms with van der Waals surface area (Å²) in [5.74, 6) is 0.874. The zero-order valence-electron chi connectivity index (χ0n) is 19.7. The molecule has 0 atom stereocenters. The van der Waals surface area contributed by atoms with E-state index in [2.05, 4.69) is 53.9 Å². The van der Waals surface area contributed by atoms with Crippen molar-refractivity contribution in [1.82, 2.24) is 29.5 Å². The lowest BCUT2D eigenvalue weighted by molar-refractivity contribution is 0.0120. The monoisotopic (exact) mass is 466 g/mol. The molecule has 4 aromatic rings. The minimum Gasteiger partial charge on any atom is -0.345 e. The number of likely N-dealkylation sites (tertiary alicyclic amines) is 1. The number of nitrogens with one attached hydrogen (secondary N) is 1. The standard InChI is InChI=1S/C25H31FN6S/c1-13(2)20-21(19-11-32-23(27-12-28-32)15(4)14(19)3)29-25-22(20)30-24(33-25)16-5-7-18(8-6-16)31-9-17(26)10-31/h11-13,16-18,29H,5-10H2,1-4H3. The van der Waals surface area contributed by atoms with Gasteiger partial charge in [-0.2, -0.15) is 5.10 Å². The quantitative estimate of drug-likeness (QED) is 0.416. The molecule has 6 nitrogen and oxygen atoms in total. The molecule has 2 fully saturated rings. The average Bonchev–Trinajstić information content (AvgIpc) is 3.48. The SMILES string of the molecule is Cc1c(-c2[nH]c3sc(C4CCC(N5CC(F)C5)CC4)nc3c2C(C)C)cn2ncnc2c1C. The number of aryl methyl sites for hydroxylation is 1. The van der Waals surface area contributed by atoms with E-state index >= 15 is 0 Å². The number of alkyl halides is 1. The van der Waals surface area contributed by atoms with Gasteiger partial charge in [0.15, 0.2) is 5.65 Å². The van der Waals surface area contributed by atoms with Gasteiger partial charge in [-0.3, -0.25) is 4.90 Å². The summed E-state index contributed by atoms with van der Waals surface area (Å²) in [6.45, 7) is 10.0. The minimum atomic E-state index is -0.608. The highest BCUT2D eigenvalue weighted by molar-refractivity contribution is 7.18. The Labute approximate surface area is 197 Å². The molecular weight excluding hydrogens is 435 g/mol. The first-order valence-corrected chi connectivity index (χ1v) is 12.9. The van der Waals surface area contributed by atoms with Crippen molar-refractivity contribution in [2.45, 2.75) is 77.4 Å². The summed E-state index contributed by atoms with van der Waals surface area (Å²) in [7, 11) is 0. The Balaban J connectivity index is 1.33. The van der Waals surface area contributed by atoms with Gasteiger partial charge in [-0.05, 0) is 56.6 Å². The maximum Gasteiger partial charge on any atom is 0.158 e. The first kappa shape index (κ1) is 21.2. The maximum absolute atomic E-state index is 13.3. The molecule has 1 aliphatic heterocycles. The Hall–Kier alpha value is -2.32. The molecule has 6 rings (SSSR count). The molecule has 5 heterocycles. The third kappa shape index (κ3) is 3.41. The number of hydrogen-bond donors (Lipinski definition) is 1. The lowest BCUT2D eigenvalue weighted by Crippen LogP contribution is -2.54. The van der Waals surface area contributed by atoms with E-state index in [1.54, 1.807) is 6.33 Å². The summed E-state index contributed by atoms with van der Waals surface area (Å²) in [6, 6.07) is 0.564. The van der Waals surface area contributed by atoms with E-state index in [1.807, 2.05) is 15.9 Å². The van der Waals surface area contributed by atoms with Gasteiger partial charge in [0.05, 0.1) is 10.7 Å². The summed E-state index contributed by atoms with van der Waals surface area (Å²) in [6.07, 6.45) is 7.71. The Morgan fingerprint density at radius 2 is 1.88 bits per heavy atom. The highest BCUT2D eigenvalue weighted by Gasteiger charge is 2.35. The van der Waals surface area contributed by atoms with Crippen LogP contribution in [0.4, 0.5) is 4.39 Å². The Bertz CT molecular complexity index is 1320. The summed E-state index contributed by atoms with van der Waals surface area (Å²) in [5.41, 5.74) is 8.04. The van der Waals surface area contributed by atoms with Gasteiger partial charge in [-0.1, -0.05) is 13.8 Å². The van der Waals surface area contributed by atoms with Gasteiger partial charge in [-0.15, -0.1) is 11.3 Å². The molecule has 1 aliphatic carbocycles. The van der Waals surface area contributed by atoms with Crippen molar-refractivity contribution in [2.75, 3.05) is 13.1 Å². The van der Waals surface area contributed by atoms with Crippen molar-refractivity contribution < 1.29 is 4.39 Å². The second kappa shape index (κ2) is 7.87. The first-order chi connectivity index (χ1) is 15.9. The van der Waals surface area contributed by atoms with Gasteiger partial charge in [0.1, 0.15) is 22.8 Å². The molecule has 0 amide bonds. The molecule has 2 aliphatic rings. The Morgan fingerprint density at radius 1 is 1.12 bits per heavy atom. The molecule has 0 aromatic carbocycles. The second-order valence-corrected chi connectivity index (χ2v) is 11.2. The third-order valence-electron chi connectivity index (χ3n) is 7.81. The molecular formula is C25H31FN6S. The van der Waals surface area contributed by atoms with Crippen LogP contribution in [-0.2, 0) is 0 Å². The predicted molar refractivity (Wildman–Crippen MR) is 131 cm³/mol. The predicted octanol–water partition coefficient (Wildman–Crippen LogP) is 5.75. The molecule has 33 heavy (non-hydrogen) atoms. The van der Waals surface area contributed by atoms with E-state index in [9.17, 15) is 4.39 Å². The number of aromatic nitrogens is 5. The van der Waals surface area contributed by atoms with Crippen LogP contribution >= 0.6 is 11.3 Å². The van der Waals surface area contributed by atoms with Crippen LogP contribution in [0.3, 0.4) is 0 Å². The fourth-order valence-electron chi connectivity index (χ4n) is 5.75. The number of H-pyrrole nitrogens is 1. The number of hydrogen-bond acceptors (Lipinski definition) is 5. The van der Waals surface area contributed by atoms with Gasteiger partial charge in [0, 0.05) is 42.4 Å². The van der Waals surface area contributed by atoms with Gasteiger partial charge < -0.3 is 4.98 Å². The van der Waals surface area contributed by atoms with Gasteiger partial charge in [0.2, 0.25) is 0 Å². The van der Waals surface area contributed by atoms with Crippen LogP contribution in [0, 0.1) is 13.8 Å². The van der Waals surface area contributed by atoms with Crippen LogP contribution < -0.4 is 0 Å². The summed E-state index contributed by atoms with van der Waals surface area (Å²) < 4.78 is 15.1. The second-order valence-electron chi connectivity index (χ2n) is 10.2. The molecule has 1 saturated carbocycles. The lowest BCUT2D eigenvalue weighted by Gasteiger charge is -2.43. The maximum atomic E-state index is 13.3. The van der Waals surface area contributed by atoms with Crippen LogP contribution in [-0.4, -0.2) is 54.8 Å². The normalized spacial score (nSPS) is 22.6. The minimum absolute atomic E-state index is 0.352. The van der Waals surface area contributed by atoms with Crippen LogP contribution in [0.5, 0.6) is 0 Å². The van der Waals surface area contributed by atoms with Crippen molar-refractivity contribution in [3.63, 3.8) is 0 Å². The van der Waals surface area contributed by atoms with E-state index in [4.69, 9.17) is 4.98 Å². The van der Waals surface area contributed by atoms with Crippen molar-refractivity contribution in [1.29, 1.82) is 0 Å². The molecule has 4 aromatic heterocycles. The van der Waals surface area contributed by atoms with Crippen LogP contribution in [0.1, 0.15) is 73.1 Å². The summed E-state index contributed by atoms with van der Waals surface area (Å²) in [5, 5.41) is 5.64. The third-order valence-corrected chi connectivity index (χ3v) is 8.94. The van der Waals surface area contributed by atoms with Crippen molar-refractivity contribution in [3.05, 3.63) is 34.2 Å². The zero-order valence-corrected chi connectivity index (χ0v) is 20.5. The van der Waals surface area contributed by atoms with E-state index < -0.39 is 6.17 Å². The fourth-order valence-corrected chi connectivity index (χ4v) is 6.90. The molecule has 0 unspecified atom stereocenters. The number of rotatable bonds is 4. The van der Waals surface area contributed by atoms with E-state index in [0.717, 1.165) is 48.1 Å². The molecule has 0 spiro atoms. The number of pyridine rings is 1. The zero-order chi connectivity index (χ0) is 22.9. The van der Waals surface area contributed by atoms with Crippen molar-refractivity contribution in [2.24, 2.45) is 0 Å². The summed E-state index contributed by atoms with van der Waals surface area (Å²) >= 11 is 1.82. The molecule has 174 valence electrons. The van der Waals surface area contributed by atoms with Crippen molar-refractivity contribution >= 4 is 27.3 Å². The lowest BCUT2D eigenvalue weighted by atomic mass is 9.84. The Morgan fingerprint density at radius 3 is 2.58 bits per heavy atom. The molecule has 1 N–H and O–H groups in total. The molecule has 1 saturated heterocycles. The summed E-state index contributed by atoms with van der Waals surface area (Å²) in [4.78, 5) is 16.8. The average molecular weight is 467 g/mol. The van der Waals surface area contributed by atoms with Gasteiger partial charge in [0.25, 0.3) is 0 Å². The van der Waals surface area contributed by atoms with Crippen LogP contribution in [0.2, 0.25) is 0 Å². The van der Waals surface area contributed by atoms with E-state index in [0.29, 0.717) is 31.0 Å². The number of halogens is 1. The smallest absolute Gasteiger partial charge is 0.158 e. The number of thiazole rings is 1. The number of fused-ring (bicyclic) bond motifs is 2. The first-order valence-electron chi connectivity index (χ1n) is 12.1. The fraction of sp³-hybridized carbons (Fsp3) is 0.560. The highest BCUT2D eigenvalue weighted by Crippen LogP contribution is 2.43. The van der Waals surface area contributed by atoms with Crippen molar-refractivity contribution in [3.8, 4) is 11.3 Å². The molecule has 0 radical (unpaired) electrons. The Kier molecular flexibility index (Phi) is 5.07. The van der Waals surface area contributed by atoms with Crippen LogP contribution in [0.15, 0.2) is 12.5 Å². The highest BCUT2D eigenvalue weighted by atomic mass is 32.1. The van der Waals surface area contributed by atoms with Crippen LogP contribution in [0.25, 0.3) is 27.3 Å². The van der Waals surface area contributed by atoms with Gasteiger partial charge in [-0.25, -0.2) is 18.9 Å². The van der Waals surface area contributed by atoms with Gasteiger partial charge >= 0.3 is 0 Å². The van der Waals surface area contributed by atoms with E-state index in [1.165, 1.54) is 26.5 Å². The number of nitrogens with zero attached hydrogens (tertiary/aromatic N) is 5. The van der Waals surface area contributed by atoms with E-state index in [-0.39, 0.29) is 0 Å². The molecule has 8 heteroatoms. The largest absolute Gasteiger partial charge is 0.345 e. The molecule has 0 bridgehead atoms. The number of aromatic amines is 1.